The summed E-state index contributed by atoms with van der Waals surface area (Å²) in [5, 5.41) is 20.2. The standard InChI is InChI=1S/C29H35FN4O5S/c1-18-11-19(12-27(35)33-20-15-32-34(16-20)28(2,3)4)23(30)14-26(18)39-25-9-10-31-24-8-7-21(13-22(24)25)40(37,38)17-29(5,6)36/h7-11,13-16,24,31,36H,12,17H2,1-6H3,(H,33,35). The van der Waals surface area contributed by atoms with Gasteiger partial charge in [0.25, 0.3) is 0 Å². The van der Waals surface area contributed by atoms with Crippen LogP contribution >= 0.6 is 0 Å². The summed E-state index contributed by atoms with van der Waals surface area (Å²) in [5.74, 6) is -0.828. The maximum absolute atomic E-state index is 15.1. The van der Waals surface area contributed by atoms with E-state index in [1.54, 1.807) is 48.4 Å². The number of aromatic nitrogens is 2. The van der Waals surface area contributed by atoms with E-state index in [1.165, 1.54) is 32.1 Å². The Balaban J connectivity index is 1.53. The lowest BCUT2D eigenvalue weighted by molar-refractivity contribution is -0.115. The number of ether oxygens (including phenoxy) is 1. The molecule has 0 bridgehead atoms. The number of carbonyl (C=O) groups is 1. The zero-order valence-corrected chi connectivity index (χ0v) is 24.3. The summed E-state index contributed by atoms with van der Waals surface area (Å²) in [7, 11) is -3.77. The van der Waals surface area contributed by atoms with Crippen molar-refractivity contribution in [3.05, 3.63) is 88.2 Å². The molecular weight excluding hydrogens is 535 g/mol. The van der Waals surface area contributed by atoms with Gasteiger partial charge in [0.1, 0.15) is 17.3 Å². The molecule has 1 aromatic heterocycles. The summed E-state index contributed by atoms with van der Waals surface area (Å²) in [5.41, 5.74) is 0.256. The molecule has 1 aromatic carbocycles. The average Bonchev–Trinajstić information content (AvgIpc) is 3.29. The number of carbonyl (C=O) groups excluding carboxylic acids is 1. The van der Waals surface area contributed by atoms with E-state index in [1.807, 2.05) is 20.8 Å². The molecule has 4 rings (SSSR count). The Morgan fingerprint density at radius 2 is 1.95 bits per heavy atom. The number of rotatable bonds is 8. The first-order chi connectivity index (χ1) is 18.5. The molecule has 0 fully saturated rings. The van der Waals surface area contributed by atoms with Gasteiger partial charge in [-0.25, -0.2) is 12.8 Å². The van der Waals surface area contributed by atoms with Crippen LogP contribution in [-0.4, -0.2) is 46.6 Å². The normalized spacial score (nSPS) is 17.3. The highest BCUT2D eigenvalue weighted by atomic mass is 32.2. The summed E-state index contributed by atoms with van der Waals surface area (Å²) in [4.78, 5) is 12.7. The molecule has 1 unspecified atom stereocenters. The molecule has 3 N–H and O–H groups in total. The number of anilines is 1. The average molecular weight is 571 g/mol. The minimum absolute atomic E-state index is 0.0522. The highest BCUT2D eigenvalue weighted by Gasteiger charge is 2.30. The van der Waals surface area contributed by atoms with E-state index in [2.05, 4.69) is 15.7 Å². The third-order valence-corrected chi connectivity index (χ3v) is 8.31. The van der Waals surface area contributed by atoms with Crippen molar-refractivity contribution >= 4 is 21.4 Å². The number of sulfone groups is 1. The van der Waals surface area contributed by atoms with Gasteiger partial charge in [-0.05, 0) is 77.0 Å². The second-order valence-electron chi connectivity index (χ2n) is 11.7. The van der Waals surface area contributed by atoms with Crippen LogP contribution in [0.1, 0.15) is 45.7 Å². The SMILES string of the molecule is Cc1cc(CC(=O)Nc2cnn(C(C)(C)C)c2)c(F)cc1OC1=C2C=C(S(=O)(=O)CC(C)(C)O)C=CC2NC=C1. The molecule has 1 amide bonds. The van der Waals surface area contributed by atoms with E-state index in [-0.39, 0.29) is 40.1 Å². The maximum atomic E-state index is 15.1. The van der Waals surface area contributed by atoms with E-state index in [4.69, 9.17) is 4.74 Å². The van der Waals surface area contributed by atoms with Crippen LogP contribution in [0, 0.1) is 12.7 Å². The minimum Gasteiger partial charge on any atom is -0.457 e. The molecule has 2 heterocycles. The second-order valence-corrected chi connectivity index (χ2v) is 13.6. The van der Waals surface area contributed by atoms with Crippen molar-refractivity contribution in [1.82, 2.24) is 15.1 Å². The molecule has 2 aliphatic rings. The van der Waals surface area contributed by atoms with E-state index < -0.39 is 27.0 Å². The second kappa shape index (κ2) is 10.7. The lowest BCUT2D eigenvalue weighted by Gasteiger charge is -2.27. The fraction of sp³-hybridized carbons (Fsp3) is 0.379. The summed E-state index contributed by atoms with van der Waals surface area (Å²) in [6.07, 6.45) is 11.1. The van der Waals surface area contributed by atoms with Gasteiger partial charge in [0.05, 0.1) is 46.1 Å². The number of halogens is 1. The number of nitrogens with zero attached hydrogens (tertiary/aromatic N) is 2. The number of dihydropyridines is 1. The quantitative estimate of drug-likeness (QED) is 0.438. The molecule has 11 heteroatoms. The van der Waals surface area contributed by atoms with E-state index in [0.29, 0.717) is 22.6 Å². The van der Waals surface area contributed by atoms with Crippen LogP contribution in [0.15, 0.2) is 71.3 Å². The van der Waals surface area contributed by atoms with E-state index in [0.717, 1.165) is 0 Å². The minimum atomic E-state index is -3.77. The van der Waals surface area contributed by atoms with Gasteiger partial charge < -0.3 is 20.5 Å². The van der Waals surface area contributed by atoms with E-state index in [9.17, 15) is 18.3 Å². The van der Waals surface area contributed by atoms with Crippen LogP contribution in [0.25, 0.3) is 0 Å². The molecule has 0 radical (unpaired) electrons. The molecule has 9 nitrogen and oxygen atoms in total. The predicted octanol–water partition coefficient (Wildman–Crippen LogP) is 4.02. The lowest BCUT2D eigenvalue weighted by Crippen LogP contribution is -2.33. The lowest BCUT2D eigenvalue weighted by atomic mass is 9.98. The van der Waals surface area contributed by atoms with Crippen LogP contribution in [-0.2, 0) is 26.6 Å². The topological polar surface area (TPSA) is 123 Å². The third kappa shape index (κ3) is 6.89. The van der Waals surface area contributed by atoms with Crippen LogP contribution in [0.2, 0.25) is 0 Å². The zero-order valence-electron chi connectivity index (χ0n) is 23.4. The van der Waals surface area contributed by atoms with Crippen molar-refractivity contribution in [3.8, 4) is 5.75 Å². The number of aryl methyl sites for hydroxylation is 1. The third-order valence-electron chi connectivity index (χ3n) is 6.25. The van der Waals surface area contributed by atoms with E-state index >= 15 is 4.39 Å². The number of amides is 1. The molecule has 1 aliphatic carbocycles. The van der Waals surface area contributed by atoms with Gasteiger partial charge in [-0.15, -0.1) is 0 Å². The van der Waals surface area contributed by atoms with Crippen LogP contribution < -0.4 is 15.4 Å². The van der Waals surface area contributed by atoms with Crippen molar-refractivity contribution in [2.45, 2.75) is 65.1 Å². The fourth-order valence-electron chi connectivity index (χ4n) is 4.33. The molecule has 214 valence electrons. The summed E-state index contributed by atoms with van der Waals surface area (Å²) >= 11 is 0. The largest absolute Gasteiger partial charge is 0.457 e. The van der Waals surface area contributed by atoms with Gasteiger partial charge in [0.15, 0.2) is 9.84 Å². The molecule has 40 heavy (non-hydrogen) atoms. The van der Waals surface area contributed by atoms with Crippen LogP contribution in [0.5, 0.6) is 5.75 Å². The Bertz CT molecular complexity index is 1550. The first kappa shape index (κ1) is 29.3. The fourth-order valence-corrected chi connectivity index (χ4v) is 6.02. The number of benzene rings is 1. The number of fused-ring (bicyclic) bond motifs is 1. The van der Waals surface area contributed by atoms with Crippen molar-refractivity contribution in [2.24, 2.45) is 0 Å². The Labute approximate surface area is 234 Å². The van der Waals surface area contributed by atoms with Gasteiger partial charge in [-0.3, -0.25) is 9.48 Å². The summed E-state index contributed by atoms with van der Waals surface area (Å²) in [6, 6.07) is 2.45. The molecular formula is C29H35FN4O5S. The monoisotopic (exact) mass is 570 g/mol. The first-order valence-corrected chi connectivity index (χ1v) is 14.5. The Hall–Kier alpha value is -3.70. The molecule has 0 saturated heterocycles. The molecule has 1 aliphatic heterocycles. The predicted molar refractivity (Wildman–Crippen MR) is 152 cm³/mol. The number of aliphatic hydroxyl groups is 1. The number of allylic oxidation sites excluding steroid dienone is 2. The van der Waals surface area contributed by atoms with Crippen LogP contribution in [0.3, 0.4) is 0 Å². The van der Waals surface area contributed by atoms with Gasteiger partial charge >= 0.3 is 0 Å². The van der Waals surface area contributed by atoms with Crippen molar-refractivity contribution in [1.29, 1.82) is 0 Å². The van der Waals surface area contributed by atoms with Crippen molar-refractivity contribution in [2.75, 3.05) is 11.1 Å². The number of nitrogens with one attached hydrogen (secondary N) is 2. The highest BCUT2D eigenvalue weighted by Crippen LogP contribution is 2.31. The Kier molecular flexibility index (Phi) is 7.83. The molecule has 0 spiro atoms. The number of hydrogen-bond acceptors (Lipinski definition) is 7. The molecule has 1 atom stereocenters. The van der Waals surface area contributed by atoms with Crippen LogP contribution in [0.4, 0.5) is 10.1 Å². The smallest absolute Gasteiger partial charge is 0.228 e. The van der Waals surface area contributed by atoms with Gasteiger partial charge in [0.2, 0.25) is 5.91 Å². The number of hydrogen-bond donors (Lipinski definition) is 3. The Morgan fingerprint density at radius 3 is 2.60 bits per heavy atom. The maximum Gasteiger partial charge on any atom is 0.228 e. The highest BCUT2D eigenvalue weighted by molar-refractivity contribution is 7.95. The molecule has 2 aromatic rings. The summed E-state index contributed by atoms with van der Waals surface area (Å²) in [6.45, 7) is 10.6. The van der Waals surface area contributed by atoms with Gasteiger partial charge in [0, 0.05) is 24.0 Å². The zero-order chi connectivity index (χ0) is 29.5. The van der Waals surface area contributed by atoms with Crippen molar-refractivity contribution < 1.29 is 27.4 Å². The van der Waals surface area contributed by atoms with Gasteiger partial charge in [-0.1, -0.05) is 6.08 Å². The Morgan fingerprint density at radius 1 is 1.23 bits per heavy atom. The summed E-state index contributed by atoms with van der Waals surface area (Å²) < 4.78 is 48.6. The van der Waals surface area contributed by atoms with Crippen molar-refractivity contribution in [3.63, 3.8) is 0 Å². The first-order valence-electron chi connectivity index (χ1n) is 12.9. The molecule has 0 saturated carbocycles. The van der Waals surface area contributed by atoms with Gasteiger partial charge in [-0.2, -0.15) is 5.10 Å².